The zero-order chi connectivity index (χ0) is 4.24. The fraction of sp³-hybridized carbons (Fsp3) is 0. The Morgan fingerprint density at radius 1 is 1.17 bits per heavy atom. The van der Waals surface area contributed by atoms with E-state index in [4.69, 9.17) is 0 Å². The largest absolute Gasteiger partial charge is 0.260 e. The van der Waals surface area contributed by atoms with Crippen molar-refractivity contribution in [1.29, 1.82) is 0 Å². The molecule has 1 aromatic heterocycles. The van der Waals surface area contributed by atoms with E-state index in [1.54, 1.807) is 0 Å². The molecule has 2 heteroatoms. The molecule has 28 valence electrons. The third kappa shape index (κ3) is 0.516. The van der Waals surface area contributed by atoms with Gasteiger partial charge in [-0.05, 0) is 0 Å². The van der Waals surface area contributed by atoms with E-state index in [0.717, 1.165) is 0 Å². The maximum Gasteiger partial charge on any atom is 0.109 e. The summed E-state index contributed by atoms with van der Waals surface area (Å²) in [7, 11) is 0. The van der Waals surface area contributed by atoms with E-state index >= 15 is 0 Å². The minimum absolute atomic E-state index is 1.48. The highest BCUT2D eigenvalue weighted by molar-refractivity contribution is 4.66. The zero-order valence-electron chi connectivity index (χ0n) is 3.05. The molecule has 6 heavy (non-hydrogen) atoms. The van der Waals surface area contributed by atoms with Crippen molar-refractivity contribution in [3.8, 4) is 0 Å². The summed E-state index contributed by atoms with van der Waals surface area (Å²) in [5.41, 5.74) is 0. The molecule has 1 rings (SSSR count). The summed E-state index contributed by atoms with van der Waals surface area (Å²) in [6.45, 7) is 0. The summed E-state index contributed by atoms with van der Waals surface area (Å²) in [6, 6.07) is 0. The molecule has 0 bridgehead atoms. The molecule has 0 saturated carbocycles. The van der Waals surface area contributed by atoms with Crippen LogP contribution in [0.5, 0.6) is 0 Å². The summed E-state index contributed by atoms with van der Waals surface area (Å²) in [5.74, 6) is 0. The molecule has 0 fully saturated rings. The second-order valence-corrected chi connectivity index (χ2v) is 0.777. The van der Waals surface area contributed by atoms with Gasteiger partial charge in [-0.15, -0.1) is 0 Å². The highest BCUT2D eigenvalue weighted by atomic mass is 14.7. The van der Waals surface area contributed by atoms with Gasteiger partial charge in [-0.1, -0.05) is 0 Å². The molecule has 1 aromatic rings. The molecular formula is C4H2N2. The zero-order valence-corrected chi connectivity index (χ0v) is 3.05. The van der Waals surface area contributed by atoms with Crippen molar-refractivity contribution in [1.82, 2.24) is 9.97 Å². The van der Waals surface area contributed by atoms with Crippen LogP contribution in [-0.2, 0) is 0 Å². The average molecular weight is 78.1 g/mol. The van der Waals surface area contributed by atoms with Crippen LogP contribution < -0.4 is 0 Å². The second kappa shape index (κ2) is 1.50. The van der Waals surface area contributed by atoms with Crippen molar-refractivity contribution < 1.29 is 0 Å². The van der Waals surface area contributed by atoms with Crippen LogP contribution in [0, 0.1) is 12.4 Å². The summed E-state index contributed by atoms with van der Waals surface area (Å²) in [6.07, 6.45) is 7.92. The Balaban J connectivity index is 3.00. The number of rotatable bonds is 0. The van der Waals surface area contributed by atoms with Crippen LogP contribution in [0.1, 0.15) is 0 Å². The van der Waals surface area contributed by atoms with E-state index < -0.39 is 0 Å². The van der Waals surface area contributed by atoms with Crippen molar-refractivity contribution >= 4 is 0 Å². The lowest BCUT2D eigenvalue weighted by Crippen LogP contribution is -1.68. The Bertz CT molecular complexity index is 77.5. The highest BCUT2D eigenvalue weighted by Gasteiger charge is 1.62. The van der Waals surface area contributed by atoms with E-state index in [1.807, 2.05) is 0 Å². The van der Waals surface area contributed by atoms with E-state index in [2.05, 4.69) is 22.4 Å². The maximum atomic E-state index is 3.61. The normalized spacial score (nSPS) is 8.00. The Hall–Kier alpha value is -0.920. The standard InChI is InChI=1S/C4H2N2/c1-2-6-4-3-5-1/h1,3H. The lowest BCUT2D eigenvalue weighted by molar-refractivity contribution is 1.18. The van der Waals surface area contributed by atoms with Crippen molar-refractivity contribution in [3.05, 3.63) is 24.8 Å². The van der Waals surface area contributed by atoms with Gasteiger partial charge in [0.1, 0.15) is 12.4 Å². The fourth-order valence-electron chi connectivity index (χ4n) is 0.199. The molecule has 2 radical (unpaired) electrons. The van der Waals surface area contributed by atoms with Gasteiger partial charge in [0, 0.05) is 0 Å². The molecule has 0 amide bonds. The summed E-state index contributed by atoms with van der Waals surface area (Å²) < 4.78 is 0. The van der Waals surface area contributed by atoms with Crippen LogP contribution in [0.15, 0.2) is 12.4 Å². The molecular weight excluding hydrogens is 76.1 g/mol. The summed E-state index contributed by atoms with van der Waals surface area (Å²) >= 11 is 0. The number of aromatic nitrogens is 2. The second-order valence-electron chi connectivity index (χ2n) is 0.777. The summed E-state index contributed by atoms with van der Waals surface area (Å²) in [4.78, 5) is 7.08. The highest BCUT2D eigenvalue weighted by Crippen LogP contribution is 1.63. The lowest BCUT2D eigenvalue weighted by atomic mass is 10.8. The first kappa shape index (κ1) is 3.28. The predicted molar refractivity (Wildman–Crippen MR) is 19.7 cm³/mol. The van der Waals surface area contributed by atoms with Gasteiger partial charge in [0.05, 0.1) is 12.4 Å². The van der Waals surface area contributed by atoms with E-state index in [9.17, 15) is 0 Å². The molecule has 0 saturated heterocycles. The Labute approximate surface area is 35.9 Å². The first-order valence-electron chi connectivity index (χ1n) is 1.54. The minimum Gasteiger partial charge on any atom is -0.260 e. The van der Waals surface area contributed by atoms with Crippen LogP contribution in [0.2, 0.25) is 0 Å². The van der Waals surface area contributed by atoms with Crippen molar-refractivity contribution in [2.75, 3.05) is 0 Å². The Morgan fingerprint density at radius 2 is 1.83 bits per heavy atom. The van der Waals surface area contributed by atoms with Gasteiger partial charge in [0.2, 0.25) is 0 Å². The Morgan fingerprint density at radius 3 is 2.00 bits per heavy atom. The van der Waals surface area contributed by atoms with Crippen LogP contribution in [0.25, 0.3) is 0 Å². The molecule has 0 aliphatic heterocycles. The van der Waals surface area contributed by atoms with Gasteiger partial charge in [-0.2, -0.15) is 0 Å². The van der Waals surface area contributed by atoms with Gasteiger partial charge >= 0.3 is 0 Å². The van der Waals surface area contributed by atoms with Crippen LogP contribution in [0.3, 0.4) is 0 Å². The molecule has 0 spiro atoms. The summed E-state index contributed by atoms with van der Waals surface area (Å²) in [5, 5.41) is 0. The van der Waals surface area contributed by atoms with Crippen molar-refractivity contribution in [2.45, 2.75) is 0 Å². The molecule has 0 aliphatic carbocycles. The van der Waals surface area contributed by atoms with E-state index in [0.29, 0.717) is 0 Å². The number of nitrogens with zero attached hydrogens (tertiary/aromatic N) is 2. The molecule has 1 heterocycles. The topological polar surface area (TPSA) is 25.8 Å². The van der Waals surface area contributed by atoms with E-state index in [-0.39, 0.29) is 0 Å². The molecule has 0 N–H and O–H groups in total. The molecule has 0 atom stereocenters. The fourth-order valence-corrected chi connectivity index (χ4v) is 0.199. The van der Waals surface area contributed by atoms with Gasteiger partial charge in [-0.25, -0.2) is 4.98 Å². The third-order valence-corrected chi connectivity index (χ3v) is 0.394. The van der Waals surface area contributed by atoms with Gasteiger partial charge in [-0.3, -0.25) is 4.98 Å². The Kier molecular flexibility index (Phi) is 0.819. The quantitative estimate of drug-likeness (QED) is 0.439. The van der Waals surface area contributed by atoms with Gasteiger partial charge in [0.25, 0.3) is 0 Å². The van der Waals surface area contributed by atoms with Crippen LogP contribution in [0.4, 0.5) is 0 Å². The number of hydrogen-bond donors (Lipinski definition) is 0. The molecule has 0 aliphatic rings. The first-order chi connectivity index (χ1) is 3.00. The predicted octanol–water partition coefficient (Wildman–Crippen LogP) is 0.0770. The smallest absolute Gasteiger partial charge is 0.109 e. The van der Waals surface area contributed by atoms with Gasteiger partial charge < -0.3 is 0 Å². The van der Waals surface area contributed by atoms with Crippen molar-refractivity contribution in [2.24, 2.45) is 0 Å². The van der Waals surface area contributed by atoms with Crippen LogP contribution in [-0.4, -0.2) is 9.97 Å². The van der Waals surface area contributed by atoms with Gasteiger partial charge in [0.15, 0.2) is 0 Å². The molecule has 0 aromatic carbocycles. The monoisotopic (exact) mass is 78.0 g/mol. The molecule has 2 nitrogen and oxygen atoms in total. The lowest BCUT2D eigenvalue weighted by Gasteiger charge is -1.67. The molecule has 0 unspecified atom stereocenters. The van der Waals surface area contributed by atoms with Crippen LogP contribution >= 0.6 is 0 Å². The maximum absolute atomic E-state index is 3.61. The average Bonchev–Trinajstić information content (AvgIpc) is 1.72. The minimum atomic E-state index is 1.48. The third-order valence-electron chi connectivity index (χ3n) is 0.394. The van der Waals surface area contributed by atoms with E-state index in [1.165, 1.54) is 12.4 Å². The SMILES string of the molecule is [c]1cnc[c]n1. The van der Waals surface area contributed by atoms with Crippen molar-refractivity contribution in [3.63, 3.8) is 0 Å². The first-order valence-corrected chi connectivity index (χ1v) is 1.54. The number of hydrogen-bond acceptors (Lipinski definition) is 2.